The molecule has 2 rings (SSSR count). The molecule has 0 radical (unpaired) electrons. The van der Waals surface area contributed by atoms with Crippen molar-refractivity contribution in [2.75, 3.05) is 11.6 Å². The highest BCUT2D eigenvalue weighted by Gasteiger charge is 2.24. The molecule has 1 atom stereocenters. The summed E-state index contributed by atoms with van der Waals surface area (Å²) in [5.74, 6) is -0.451. The molecule has 0 saturated heterocycles. The number of urea groups is 1. The van der Waals surface area contributed by atoms with Crippen LogP contribution in [0.5, 0.6) is 0 Å². The van der Waals surface area contributed by atoms with Gasteiger partial charge in [-0.15, -0.1) is 0 Å². The van der Waals surface area contributed by atoms with E-state index in [1.54, 1.807) is 31.2 Å². The Hall–Kier alpha value is -2.09. The van der Waals surface area contributed by atoms with Gasteiger partial charge in [0.25, 0.3) is 0 Å². The number of imide groups is 1. The van der Waals surface area contributed by atoms with Crippen LogP contribution in [-0.2, 0) is 20.4 Å². The highest BCUT2D eigenvalue weighted by Crippen LogP contribution is 2.18. The van der Waals surface area contributed by atoms with E-state index in [1.165, 1.54) is 6.26 Å². The number of carbonyl (C=O) groups excluding carboxylic acids is 2. The predicted molar refractivity (Wildman–Crippen MR) is 87.8 cm³/mol. The fourth-order valence-electron chi connectivity index (χ4n) is 1.98. The minimum Gasteiger partial charge on any atom is -0.374 e. The van der Waals surface area contributed by atoms with Crippen LogP contribution < -0.4 is 16.0 Å². The molecule has 0 spiro atoms. The number of carbonyl (C=O) groups is 2. The van der Waals surface area contributed by atoms with Crippen molar-refractivity contribution in [1.29, 1.82) is 0 Å². The summed E-state index contributed by atoms with van der Waals surface area (Å²) in [5, 5.41) is 7.92. The van der Waals surface area contributed by atoms with E-state index in [2.05, 4.69) is 16.0 Å². The van der Waals surface area contributed by atoms with E-state index in [0.717, 1.165) is 12.8 Å². The van der Waals surface area contributed by atoms with Gasteiger partial charge in [-0.05, 0) is 37.5 Å². The van der Waals surface area contributed by atoms with Crippen molar-refractivity contribution in [3.8, 4) is 0 Å². The Bertz CT molecular complexity index is 681. The summed E-state index contributed by atoms with van der Waals surface area (Å²) in [4.78, 5) is 23.4. The maximum absolute atomic E-state index is 11.9. The standard InChI is InChI=1S/C15H21N3O4S/c1-10(14(19)18-15(20)17-13-7-8-13)16-12-5-3-11(4-6-12)9-23(2,21)22/h3-6,10,13,16H,7-9H2,1-2H3,(H2,17,18,19,20). The molecular weight excluding hydrogens is 318 g/mol. The fraction of sp³-hybridized carbons (Fsp3) is 0.467. The van der Waals surface area contributed by atoms with Crippen LogP contribution in [0, 0.1) is 0 Å². The lowest BCUT2D eigenvalue weighted by molar-refractivity contribution is -0.120. The molecule has 1 unspecified atom stereocenters. The van der Waals surface area contributed by atoms with Crippen molar-refractivity contribution in [2.24, 2.45) is 0 Å². The minimum atomic E-state index is -3.07. The van der Waals surface area contributed by atoms with Gasteiger partial charge in [0.2, 0.25) is 5.91 Å². The van der Waals surface area contributed by atoms with Crippen LogP contribution in [0.3, 0.4) is 0 Å². The molecule has 1 fully saturated rings. The van der Waals surface area contributed by atoms with Gasteiger partial charge in [0.1, 0.15) is 6.04 Å². The molecule has 1 saturated carbocycles. The van der Waals surface area contributed by atoms with Gasteiger partial charge in [-0.1, -0.05) is 12.1 Å². The van der Waals surface area contributed by atoms with Crippen LogP contribution in [-0.4, -0.2) is 38.7 Å². The van der Waals surface area contributed by atoms with Gasteiger partial charge in [-0.3, -0.25) is 10.1 Å². The number of sulfone groups is 1. The summed E-state index contributed by atoms with van der Waals surface area (Å²) in [6, 6.07) is 5.90. The third kappa shape index (κ3) is 6.27. The molecule has 0 heterocycles. The van der Waals surface area contributed by atoms with Gasteiger partial charge in [0.05, 0.1) is 5.75 Å². The Labute approximate surface area is 135 Å². The van der Waals surface area contributed by atoms with E-state index < -0.39 is 27.8 Å². The van der Waals surface area contributed by atoms with Crippen LogP contribution in [0.1, 0.15) is 25.3 Å². The van der Waals surface area contributed by atoms with Gasteiger partial charge < -0.3 is 10.6 Å². The van der Waals surface area contributed by atoms with Crippen LogP contribution in [0.2, 0.25) is 0 Å². The Morgan fingerprint density at radius 1 is 1.22 bits per heavy atom. The zero-order valence-electron chi connectivity index (χ0n) is 13.1. The van der Waals surface area contributed by atoms with Crippen LogP contribution in [0.4, 0.5) is 10.5 Å². The summed E-state index contributed by atoms with van der Waals surface area (Å²) in [6.45, 7) is 1.64. The zero-order valence-corrected chi connectivity index (χ0v) is 13.9. The van der Waals surface area contributed by atoms with Gasteiger partial charge in [-0.2, -0.15) is 0 Å². The molecule has 126 valence electrons. The van der Waals surface area contributed by atoms with E-state index in [9.17, 15) is 18.0 Å². The maximum atomic E-state index is 11.9. The van der Waals surface area contributed by atoms with Crippen LogP contribution in [0.25, 0.3) is 0 Å². The van der Waals surface area contributed by atoms with E-state index >= 15 is 0 Å². The smallest absolute Gasteiger partial charge is 0.321 e. The van der Waals surface area contributed by atoms with Crippen molar-refractivity contribution in [1.82, 2.24) is 10.6 Å². The molecular formula is C15H21N3O4S. The highest BCUT2D eigenvalue weighted by molar-refractivity contribution is 7.89. The number of benzene rings is 1. The van der Waals surface area contributed by atoms with E-state index in [1.807, 2.05) is 0 Å². The number of nitrogens with one attached hydrogen (secondary N) is 3. The number of hydrogen-bond acceptors (Lipinski definition) is 5. The maximum Gasteiger partial charge on any atom is 0.321 e. The average Bonchev–Trinajstić information content (AvgIpc) is 3.23. The molecule has 3 N–H and O–H groups in total. The normalized spacial score (nSPS) is 15.6. The predicted octanol–water partition coefficient (Wildman–Crippen LogP) is 1.02. The van der Waals surface area contributed by atoms with E-state index in [4.69, 9.17) is 0 Å². The summed E-state index contributed by atoms with van der Waals surface area (Å²) >= 11 is 0. The molecule has 7 nitrogen and oxygen atoms in total. The highest BCUT2D eigenvalue weighted by atomic mass is 32.2. The van der Waals surface area contributed by atoms with Gasteiger partial charge in [0, 0.05) is 18.0 Å². The lowest BCUT2D eigenvalue weighted by Gasteiger charge is -2.15. The molecule has 0 bridgehead atoms. The number of amides is 3. The molecule has 3 amide bonds. The lowest BCUT2D eigenvalue weighted by atomic mass is 10.2. The molecule has 8 heteroatoms. The van der Waals surface area contributed by atoms with E-state index in [0.29, 0.717) is 11.3 Å². The molecule has 0 aliphatic heterocycles. The molecule has 23 heavy (non-hydrogen) atoms. The van der Waals surface area contributed by atoms with Crippen LogP contribution >= 0.6 is 0 Å². The topological polar surface area (TPSA) is 104 Å². The van der Waals surface area contributed by atoms with Crippen molar-refractivity contribution in [3.63, 3.8) is 0 Å². The molecule has 1 aliphatic carbocycles. The Balaban J connectivity index is 1.84. The SMILES string of the molecule is CC(Nc1ccc(CS(C)(=O)=O)cc1)C(=O)NC(=O)NC1CC1. The largest absolute Gasteiger partial charge is 0.374 e. The summed E-state index contributed by atoms with van der Waals surface area (Å²) in [5.41, 5.74) is 1.35. The van der Waals surface area contributed by atoms with Gasteiger partial charge >= 0.3 is 6.03 Å². The Kier molecular flexibility index (Phi) is 5.25. The van der Waals surface area contributed by atoms with Crippen molar-refractivity contribution in [2.45, 2.75) is 37.6 Å². The Morgan fingerprint density at radius 2 is 1.83 bits per heavy atom. The fourth-order valence-corrected chi connectivity index (χ4v) is 2.78. The molecule has 0 aromatic heterocycles. The minimum absolute atomic E-state index is 0.0232. The molecule has 1 aromatic rings. The average molecular weight is 339 g/mol. The molecule has 1 aromatic carbocycles. The molecule has 1 aliphatic rings. The van der Waals surface area contributed by atoms with E-state index in [-0.39, 0.29) is 11.8 Å². The summed E-state index contributed by atoms with van der Waals surface area (Å²) in [7, 11) is -3.07. The summed E-state index contributed by atoms with van der Waals surface area (Å²) < 4.78 is 22.5. The lowest BCUT2D eigenvalue weighted by Crippen LogP contribution is -2.46. The number of anilines is 1. The van der Waals surface area contributed by atoms with Gasteiger partial charge in [0.15, 0.2) is 9.84 Å². The first-order valence-electron chi connectivity index (χ1n) is 7.37. The van der Waals surface area contributed by atoms with Crippen molar-refractivity contribution in [3.05, 3.63) is 29.8 Å². The second-order valence-corrected chi connectivity index (χ2v) is 8.01. The first-order valence-corrected chi connectivity index (χ1v) is 9.43. The van der Waals surface area contributed by atoms with Gasteiger partial charge in [-0.25, -0.2) is 13.2 Å². The van der Waals surface area contributed by atoms with Crippen LogP contribution in [0.15, 0.2) is 24.3 Å². The zero-order chi connectivity index (χ0) is 17.0. The third-order valence-electron chi connectivity index (χ3n) is 3.31. The second-order valence-electron chi connectivity index (χ2n) is 5.87. The summed E-state index contributed by atoms with van der Waals surface area (Å²) in [6.07, 6.45) is 3.09. The Morgan fingerprint density at radius 3 is 2.35 bits per heavy atom. The second kappa shape index (κ2) is 6.99. The first kappa shape index (κ1) is 17.3. The number of hydrogen-bond donors (Lipinski definition) is 3. The quantitative estimate of drug-likeness (QED) is 0.718. The monoisotopic (exact) mass is 339 g/mol. The first-order chi connectivity index (χ1) is 10.7. The van der Waals surface area contributed by atoms with Crippen molar-refractivity contribution < 1.29 is 18.0 Å². The van der Waals surface area contributed by atoms with Crippen molar-refractivity contribution >= 4 is 27.5 Å². The third-order valence-corrected chi connectivity index (χ3v) is 4.17. The number of rotatable bonds is 6.